The highest BCUT2D eigenvalue weighted by Crippen LogP contribution is 2.12. The van der Waals surface area contributed by atoms with E-state index in [-0.39, 0.29) is 6.42 Å². The van der Waals surface area contributed by atoms with Gasteiger partial charge in [-0.3, -0.25) is 0 Å². The van der Waals surface area contributed by atoms with E-state index in [1.54, 1.807) is 26.8 Å². The number of hydrogen-bond donors (Lipinski definition) is 2. The summed E-state index contributed by atoms with van der Waals surface area (Å²) in [5.74, 6) is -1.28. The molecule has 0 unspecified atom stereocenters. The predicted octanol–water partition coefficient (Wildman–Crippen LogP) is 1.27. The van der Waals surface area contributed by atoms with E-state index in [1.807, 2.05) is 0 Å². The quantitative estimate of drug-likeness (QED) is 0.757. The zero-order valence-corrected chi connectivity index (χ0v) is 9.83. The smallest absolute Gasteiger partial charge is 0.408 e. The van der Waals surface area contributed by atoms with Crippen LogP contribution >= 0.6 is 0 Å². The first-order valence-corrected chi connectivity index (χ1v) is 4.72. The minimum Gasteiger partial charge on any atom is -0.479 e. The molecule has 0 bridgehead atoms. The second kappa shape index (κ2) is 4.84. The maximum atomic E-state index is 11.3. The van der Waals surface area contributed by atoms with Crippen molar-refractivity contribution < 1.29 is 19.4 Å². The van der Waals surface area contributed by atoms with Crippen LogP contribution in [-0.2, 0) is 9.53 Å². The highest BCUT2D eigenvalue weighted by atomic mass is 16.6. The second-order valence-corrected chi connectivity index (χ2v) is 4.60. The van der Waals surface area contributed by atoms with E-state index in [2.05, 4.69) is 5.32 Å². The molecule has 0 spiro atoms. The van der Waals surface area contributed by atoms with Crippen molar-refractivity contribution in [1.82, 2.24) is 5.32 Å². The molecule has 0 aromatic rings. The number of amides is 1. The van der Waals surface area contributed by atoms with Crippen LogP contribution < -0.4 is 5.32 Å². The number of carbonyl (C=O) groups is 2. The maximum absolute atomic E-state index is 11.3. The van der Waals surface area contributed by atoms with Gasteiger partial charge in [0.1, 0.15) is 5.60 Å². The van der Waals surface area contributed by atoms with Gasteiger partial charge in [-0.25, -0.2) is 9.59 Å². The van der Waals surface area contributed by atoms with Crippen LogP contribution in [0.15, 0.2) is 0 Å². The summed E-state index contributed by atoms with van der Waals surface area (Å²) in [6.45, 7) is 6.24. The van der Waals surface area contributed by atoms with Crippen LogP contribution in [0.2, 0.25) is 0 Å². The van der Waals surface area contributed by atoms with Gasteiger partial charge in [-0.2, -0.15) is 5.26 Å². The standard InChI is InChI=1S/C10H16N2O4/c1-9(2,3)16-8(15)12-10(4,5-6-11)7(13)14/h5H2,1-4H3,(H,12,15)(H,13,14)/t10-/m0/s1. The minimum absolute atomic E-state index is 0.332. The number of hydrogen-bond acceptors (Lipinski definition) is 4. The van der Waals surface area contributed by atoms with Gasteiger partial charge < -0.3 is 15.2 Å². The predicted molar refractivity (Wildman–Crippen MR) is 55.6 cm³/mol. The van der Waals surface area contributed by atoms with Gasteiger partial charge in [0.25, 0.3) is 0 Å². The zero-order valence-electron chi connectivity index (χ0n) is 9.83. The highest BCUT2D eigenvalue weighted by Gasteiger charge is 2.36. The van der Waals surface area contributed by atoms with Gasteiger partial charge in [-0.15, -0.1) is 0 Å². The van der Waals surface area contributed by atoms with Crippen molar-refractivity contribution >= 4 is 12.1 Å². The third-order valence-corrected chi connectivity index (χ3v) is 1.68. The van der Waals surface area contributed by atoms with Gasteiger partial charge in [0, 0.05) is 0 Å². The summed E-state index contributed by atoms with van der Waals surface area (Å²) in [4.78, 5) is 22.2. The summed E-state index contributed by atoms with van der Waals surface area (Å²) in [6, 6.07) is 1.71. The Balaban J connectivity index is 4.61. The van der Waals surface area contributed by atoms with Crippen LogP contribution in [0, 0.1) is 11.3 Å². The van der Waals surface area contributed by atoms with Gasteiger partial charge in [0.05, 0.1) is 12.5 Å². The summed E-state index contributed by atoms with van der Waals surface area (Å²) in [5, 5.41) is 19.5. The van der Waals surface area contributed by atoms with Crippen molar-refractivity contribution in [3.8, 4) is 6.07 Å². The fourth-order valence-corrected chi connectivity index (χ4v) is 0.860. The normalized spacial score (nSPS) is 14.4. The van der Waals surface area contributed by atoms with E-state index >= 15 is 0 Å². The molecule has 2 N–H and O–H groups in total. The average molecular weight is 228 g/mol. The fourth-order valence-electron chi connectivity index (χ4n) is 0.860. The second-order valence-electron chi connectivity index (χ2n) is 4.60. The number of carbonyl (C=O) groups excluding carboxylic acids is 1. The van der Waals surface area contributed by atoms with Gasteiger partial charge in [-0.1, -0.05) is 0 Å². The number of rotatable bonds is 3. The minimum atomic E-state index is -1.63. The van der Waals surface area contributed by atoms with E-state index in [1.165, 1.54) is 6.92 Å². The Labute approximate surface area is 94.2 Å². The molecule has 0 radical (unpaired) electrons. The molecule has 0 aliphatic carbocycles. The van der Waals surface area contributed by atoms with Crippen molar-refractivity contribution in [2.45, 2.75) is 45.3 Å². The van der Waals surface area contributed by atoms with E-state index in [0.29, 0.717) is 0 Å². The maximum Gasteiger partial charge on any atom is 0.408 e. The van der Waals surface area contributed by atoms with Gasteiger partial charge in [0.2, 0.25) is 0 Å². The van der Waals surface area contributed by atoms with Crippen molar-refractivity contribution in [2.24, 2.45) is 0 Å². The Morgan fingerprint density at radius 2 is 1.88 bits per heavy atom. The molecule has 90 valence electrons. The molecule has 16 heavy (non-hydrogen) atoms. The van der Waals surface area contributed by atoms with Crippen molar-refractivity contribution in [2.75, 3.05) is 0 Å². The van der Waals surface area contributed by atoms with E-state index in [9.17, 15) is 9.59 Å². The largest absolute Gasteiger partial charge is 0.479 e. The van der Waals surface area contributed by atoms with Crippen LogP contribution in [0.25, 0.3) is 0 Å². The molecule has 6 nitrogen and oxygen atoms in total. The zero-order chi connectivity index (χ0) is 13.0. The first kappa shape index (κ1) is 14.2. The third-order valence-electron chi connectivity index (χ3n) is 1.68. The van der Waals surface area contributed by atoms with Crippen molar-refractivity contribution in [1.29, 1.82) is 5.26 Å². The highest BCUT2D eigenvalue weighted by molar-refractivity contribution is 5.84. The number of ether oxygens (including phenoxy) is 1. The van der Waals surface area contributed by atoms with Gasteiger partial charge in [0.15, 0.2) is 5.54 Å². The lowest BCUT2D eigenvalue weighted by atomic mass is 9.99. The number of nitrogens with one attached hydrogen (secondary N) is 1. The van der Waals surface area contributed by atoms with Crippen LogP contribution in [0.3, 0.4) is 0 Å². The Bertz CT molecular complexity index is 327. The third kappa shape index (κ3) is 4.64. The number of carboxylic acids is 1. The molecule has 0 heterocycles. The Kier molecular flexibility index (Phi) is 4.30. The molecule has 0 saturated carbocycles. The molecule has 0 saturated heterocycles. The number of alkyl carbamates (subject to hydrolysis) is 1. The molecule has 0 aromatic heterocycles. The van der Waals surface area contributed by atoms with E-state index in [4.69, 9.17) is 15.1 Å². The summed E-state index contributed by atoms with van der Waals surface area (Å²) < 4.78 is 4.91. The first-order valence-electron chi connectivity index (χ1n) is 4.72. The molecule has 0 aromatic carbocycles. The van der Waals surface area contributed by atoms with E-state index in [0.717, 1.165) is 0 Å². The molecule has 0 fully saturated rings. The number of carboxylic acid groups (broad SMARTS) is 1. The number of aliphatic carboxylic acids is 1. The summed E-state index contributed by atoms with van der Waals surface area (Å²) in [7, 11) is 0. The topological polar surface area (TPSA) is 99.4 Å². The fraction of sp³-hybridized carbons (Fsp3) is 0.700. The van der Waals surface area contributed by atoms with Crippen LogP contribution in [0.5, 0.6) is 0 Å². The molecule has 6 heteroatoms. The lowest BCUT2D eigenvalue weighted by Crippen LogP contribution is -2.53. The number of nitriles is 1. The molecule has 1 amide bonds. The first-order chi connectivity index (χ1) is 7.10. The Hall–Kier alpha value is -1.77. The average Bonchev–Trinajstić information content (AvgIpc) is 1.99. The van der Waals surface area contributed by atoms with Crippen molar-refractivity contribution in [3.05, 3.63) is 0 Å². The molecule has 1 atom stereocenters. The van der Waals surface area contributed by atoms with Crippen LogP contribution in [0.4, 0.5) is 4.79 Å². The lowest BCUT2D eigenvalue weighted by molar-refractivity contribution is -0.143. The van der Waals surface area contributed by atoms with Gasteiger partial charge >= 0.3 is 12.1 Å². The molecular formula is C10H16N2O4. The summed E-state index contributed by atoms with van der Waals surface area (Å²) in [5.41, 5.74) is -2.34. The Morgan fingerprint density at radius 3 is 2.19 bits per heavy atom. The molecule has 0 aliphatic rings. The monoisotopic (exact) mass is 228 g/mol. The van der Waals surface area contributed by atoms with Crippen LogP contribution in [-0.4, -0.2) is 28.3 Å². The Morgan fingerprint density at radius 1 is 1.38 bits per heavy atom. The molecule has 0 rings (SSSR count). The summed E-state index contributed by atoms with van der Waals surface area (Å²) in [6.07, 6.45) is -1.19. The molecular weight excluding hydrogens is 212 g/mol. The summed E-state index contributed by atoms with van der Waals surface area (Å²) >= 11 is 0. The molecule has 0 aliphatic heterocycles. The number of nitrogens with zero attached hydrogens (tertiary/aromatic N) is 1. The van der Waals surface area contributed by atoms with Gasteiger partial charge in [-0.05, 0) is 27.7 Å². The SMILES string of the molecule is CC(C)(C)OC(=O)N[C@@](C)(CC#N)C(=O)O. The lowest BCUT2D eigenvalue weighted by Gasteiger charge is -2.26. The van der Waals surface area contributed by atoms with Crippen LogP contribution in [0.1, 0.15) is 34.1 Å². The van der Waals surface area contributed by atoms with Crippen molar-refractivity contribution in [3.63, 3.8) is 0 Å². The van der Waals surface area contributed by atoms with E-state index < -0.39 is 23.2 Å².